The van der Waals surface area contributed by atoms with Gasteiger partial charge in [0.05, 0.1) is 22.6 Å². The van der Waals surface area contributed by atoms with E-state index in [1.54, 1.807) is 6.07 Å². The van der Waals surface area contributed by atoms with Crippen molar-refractivity contribution in [1.82, 2.24) is 16.2 Å². The van der Waals surface area contributed by atoms with Crippen molar-refractivity contribution >= 4 is 31.9 Å². The maximum atomic E-state index is 9.91. The van der Waals surface area contributed by atoms with E-state index in [4.69, 9.17) is 5.26 Å². The van der Waals surface area contributed by atoms with Crippen LogP contribution >= 0.6 is 31.9 Å². The van der Waals surface area contributed by atoms with Crippen LogP contribution < -0.4 is 16.2 Å². The number of aromatic hydroxyl groups is 1. The molecule has 1 aromatic rings. The molecule has 5 nitrogen and oxygen atoms in total. The minimum atomic E-state index is -0.122. The van der Waals surface area contributed by atoms with Crippen molar-refractivity contribution in [3.05, 3.63) is 26.6 Å². The smallest absolute Gasteiger partial charge is 0.134 e. The summed E-state index contributed by atoms with van der Waals surface area (Å²) in [5, 5.41) is 22.0. The molecule has 0 amide bonds. The lowest BCUT2D eigenvalue weighted by Gasteiger charge is -2.16. The van der Waals surface area contributed by atoms with Gasteiger partial charge in [-0.2, -0.15) is 5.26 Å². The highest BCUT2D eigenvalue weighted by molar-refractivity contribution is 9.11. The highest BCUT2D eigenvalue weighted by Crippen LogP contribution is 2.31. The largest absolute Gasteiger partial charge is 0.506 e. The Bertz CT molecular complexity index is 489. The second-order valence-electron chi connectivity index (χ2n) is 4.01. The van der Waals surface area contributed by atoms with E-state index in [-0.39, 0.29) is 17.8 Å². The molecule has 18 heavy (non-hydrogen) atoms. The molecule has 0 radical (unpaired) electrons. The number of hydrogen-bond donors (Lipinski definition) is 4. The van der Waals surface area contributed by atoms with Gasteiger partial charge in [-0.15, -0.1) is 0 Å². The molecule has 1 heterocycles. The molecule has 1 aliphatic heterocycles. The zero-order valence-corrected chi connectivity index (χ0v) is 12.5. The van der Waals surface area contributed by atoms with Gasteiger partial charge < -0.3 is 5.11 Å². The number of benzene rings is 1. The zero-order valence-electron chi connectivity index (χ0n) is 9.37. The van der Waals surface area contributed by atoms with Gasteiger partial charge in [-0.1, -0.05) is 15.9 Å². The van der Waals surface area contributed by atoms with Crippen molar-refractivity contribution in [2.75, 3.05) is 6.54 Å². The van der Waals surface area contributed by atoms with Crippen molar-refractivity contribution in [1.29, 1.82) is 5.26 Å². The summed E-state index contributed by atoms with van der Waals surface area (Å²) in [5.41, 5.74) is 6.68. The van der Waals surface area contributed by atoms with Crippen molar-refractivity contribution in [3.63, 3.8) is 0 Å². The standard InChI is InChI=1S/C11H12Br2N4O/c12-8-1-6(10(18)9(13)2-8)4-15-11-7(3-14)5-16-17-11/h1-2,7,11,15-18H,4-5H2. The summed E-state index contributed by atoms with van der Waals surface area (Å²) in [4.78, 5) is 0. The minimum Gasteiger partial charge on any atom is -0.506 e. The van der Waals surface area contributed by atoms with Gasteiger partial charge in [-0.05, 0) is 28.1 Å². The SMILES string of the molecule is N#CC1CNNC1NCc1cc(Br)cc(Br)c1O. The van der Waals surface area contributed by atoms with Gasteiger partial charge in [-0.25, -0.2) is 5.43 Å². The van der Waals surface area contributed by atoms with Crippen LogP contribution in [0.5, 0.6) is 5.75 Å². The van der Waals surface area contributed by atoms with Crippen LogP contribution in [0.3, 0.4) is 0 Å². The van der Waals surface area contributed by atoms with Crippen molar-refractivity contribution in [3.8, 4) is 11.8 Å². The molecule has 0 aliphatic carbocycles. The van der Waals surface area contributed by atoms with E-state index in [0.29, 0.717) is 17.6 Å². The lowest BCUT2D eigenvalue weighted by molar-refractivity contribution is 0.410. The summed E-state index contributed by atoms with van der Waals surface area (Å²) in [6.07, 6.45) is -0.118. The number of phenols is 1. The molecular formula is C11H12Br2N4O. The number of nitriles is 1. The fraction of sp³-hybridized carbons (Fsp3) is 0.364. The Morgan fingerprint density at radius 1 is 1.50 bits per heavy atom. The van der Waals surface area contributed by atoms with Crippen LogP contribution in [0.1, 0.15) is 5.56 Å². The van der Waals surface area contributed by atoms with Crippen molar-refractivity contribution < 1.29 is 5.11 Å². The molecule has 2 rings (SSSR count). The van der Waals surface area contributed by atoms with E-state index >= 15 is 0 Å². The van der Waals surface area contributed by atoms with Gasteiger partial charge in [0, 0.05) is 23.1 Å². The molecule has 0 aromatic heterocycles. The molecule has 2 unspecified atom stereocenters. The van der Waals surface area contributed by atoms with Gasteiger partial charge in [0.1, 0.15) is 5.75 Å². The van der Waals surface area contributed by atoms with Crippen LogP contribution in [-0.2, 0) is 6.54 Å². The first-order valence-corrected chi connectivity index (χ1v) is 6.98. The van der Waals surface area contributed by atoms with Crippen LogP contribution in [0.25, 0.3) is 0 Å². The molecule has 1 aromatic carbocycles. The minimum absolute atomic E-state index is 0.118. The number of nitrogens with one attached hydrogen (secondary N) is 3. The molecule has 1 aliphatic rings. The lowest BCUT2D eigenvalue weighted by Crippen LogP contribution is -2.43. The van der Waals surface area contributed by atoms with Crippen LogP contribution in [0, 0.1) is 17.2 Å². The summed E-state index contributed by atoms with van der Waals surface area (Å²) in [6.45, 7) is 1.09. The molecule has 0 spiro atoms. The zero-order chi connectivity index (χ0) is 13.1. The van der Waals surface area contributed by atoms with Crippen LogP contribution in [0.15, 0.2) is 21.1 Å². The molecule has 0 bridgehead atoms. The Labute approximate surface area is 122 Å². The van der Waals surface area contributed by atoms with E-state index in [0.717, 1.165) is 10.0 Å². The number of nitrogens with zero attached hydrogens (tertiary/aromatic N) is 1. The van der Waals surface area contributed by atoms with Crippen LogP contribution in [0.2, 0.25) is 0 Å². The van der Waals surface area contributed by atoms with E-state index in [1.165, 1.54) is 0 Å². The topological polar surface area (TPSA) is 80.1 Å². The van der Waals surface area contributed by atoms with Gasteiger partial charge in [0.25, 0.3) is 0 Å². The summed E-state index contributed by atoms with van der Waals surface area (Å²) >= 11 is 6.66. The molecule has 1 saturated heterocycles. The van der Waals surface area contributed by atoms with Crippen LogP contribution in [-0.4, -0.2) is 17.8 Å². The third-order valence-electron chi connectivity index (χ3n) is 2.77. The maximum absolute atomic E-state index is 9.91. The van der Waals surface area contributed by atoms with Crippen LogP contribution in [0.4, 0.5) is 0 Å². The number of hydrazine groups is 1. The Hall–Kier alpha value is -0.650. The number of rotatable bonds is 3. The first kappa shape index (κ1) is 13.8. The molecule has 0 saturated carbocycles. The second kappa shape index (κ2) is 5.99. The molecule has 7 heteroatoms. The van der Waals surface area contributed by atoms with Gasteiger partial charge in [0.15, 0.2) is 0 Å². The maximum Gasteiger partial charge on any atom is 0.134 e. The molecular weight excluding hydrogens is 364 g/mol. The van der Waals surface area contributed by atoms with E-state index < -0.39 is 0 Å². The number of phenolic OH excluding ortho intramolecular Hbond substituents is 1. The molecule has 1 fully saturated rings. The van der Waals surface area contributed by atoms with E-state index in [2.05, 4.69) is 54.1 Å². The van der Waals surface area contributed by atoms with E-state index in [1.807, 2.05) is 6.07 Å². The normalized spacial score (nSPS) is 22.9. The monoisotopic (exact) mass is 374 g/mol. The Morgan fingerprint density at radius 2 is 2.28 bits per heavy atom. The number of halogens is 2. The van der Waals surface area contributed by atoms with Gasteiger partial charge in [0.2, 0.25) is 0 Å². The Kier molecular flexibility index (Phi) is 4.59. The van der Waals surface area contributed by atoms with Crippen molar-refractivity contribution in [2.24, 2.45) is 5.92 Å². The predicted molar refractivity (Wildman–Crippen MR) is 74.4 cm³/mol. The summed E-state index contributed by atoms with van der Waals surface area (Å²) in [6, 6.07) is 5.85. The Balaban J connectivity index is 2.04. The molecule has 2 atom stereocenters. The van der Waals surface area contributed by atoms with Gasteiger partial charge >= 0.3 is 0 Å². The van der Waals surface area contributed by atoms with Gasteiger partial charge in [-0.3, -0.25) is 10.7 Å². The average molecular weight is 376 g/mol. The quantitative estimate of drug-likeness (QED) is 0.645. The third-order valence-corrected chi connectivity index (χ3v) is 3.83. The van der Waals surface area contributed by atoms with Crippen molar-refractivity contribution in [2.45, 2.75) is 12.7 Å². The number of hydrogen-bond acceptors (Lipinski definition) is 5. The predicted octanol–water partition coefficient (Wildman–Crippen LogP) is 1.58. The molecule has 4 N–H and O–H groups in total. The molecule has 96 valence electrons. The lowest BCUT2D eigenvalue weighted by atomic mass is 10.1. The Morgan fingerprint density at radius 3 is 3.00 bits per heavy atom. The first-order chi connectivity index (χ1) is 8.61. The third kappa shape index (κ3) is 3.02. The fourth-order valence-electron chi connectivity index (χ4n) is 1.78. The van der Waals surface area contributed by atoms with E-state index in [9.17, 15) is 5.11 Å². The summed E-state index contributed by atoms with van der Waals surface area (Å²) in [5.74, 6) is 0.0906. The average Bonchev–Trinajstić information content (AvgIpc) is 2.79. The highest BCUT2D eigenvalue weighted by Gasteiger charge is 2.26. The fourth-order valence-corrected chi connectivity index (χ4v) is 3.10. The first-order valence-electron chi connectivity index (χ1n) is 5.40. The summed E-state index contributed by atoms with van der Waals surface area (Å²) < 4.78 is 1.53. The summed E-state index contributed by atoms with van der Waals surface area (Å²) in [7, 11) is 0. The highest BCUT2D eigenvalue weighted by atomic mass is 79.9. The second-order valence-corrected chi connectivity index (χ2v) is 5.78.